The number of hydrogen-bond acceptors (Lipinski definition) is 4. The van der Waals surface area contributed by atoms with Gasteiger partial charge in [0.1, 0.15) is 5.75 Å². The number of alkyl halides is 2. The van der Waals surface area contributed by atoms with E-state index in [2.05, 4.69) is 28.7 Å². The molecule has 0 unspecified atom stereocenters. The summed E-state index contributed by atoms with van der Waals surface area (Å²) in [5.41, 5.74) is 2.61. The standard InChI is InChI=1S/C20H30F2N4OS/c1-3-5-10-28(27)25-18(4-2)16-12-19-24-17(14-26(19)23-13-16)11-15-6-8-20(21,22)9-7-15/h12-15,18,25H,3-11H2,1-2H3/t18-,28+/m1/s1. The van der Waals surface area contributed by atoms with Gasteiger partial charge in [0, 0.05) is 24.2 Å². The second-order valence-corrected chi connectivity index (χ2v) is 9.14. The van der Waals surface area contributed by atoms with Gasteiger partial charge >= 0.3 is 0 Å². The lowest BCUT2D eigenvalue weighted by Gasteiger charge is -2.27. The molecule has 0 amide bonds. The van der Waals surface area contributed by atoms with Crippen LogP contribution in [0.3, 0.4) is 0 Å². The third kappa shape index (κ3) is 5.64. The minimum absolute atomic E-state index is 0.0214. The lowest BCUT2D eigenvalue weighted by Crippen LogP contribution is -2.30. The Morgan fingerprint density at radius 2 is 2.11 bits per heavy atom. The summed E-state index contributed by atoms with van der Waals surface area (Å²) in [6.07, 6.45) is 8.20. The molecule has 28 heavy (non-hydrogen) atoms. The van der Waals surface area contributed by atoms with Gasteiger partial charge in [0.15, 0.2) is 5.65 Å². The summed E-state index contributed by atoms with van der Waals surface area (Å²) in [7, 11) is 0. The van der Waals surface area contributed by atoms with Crippen molar-refractivity contribution in [1.82, 2.24) is 19.3 Å². The monoisotopic (exact) mass is 412 g/mol. The summed E-state index contributed by atoms with van der Waals surface area (Å²) in [6, 6.07) is 1.94. The van der Waals surface area contributed by atoms with Crippen molar-refractivity contribution in [3.05, 3.63) is 29.7 Å². The fourth-order valence-electron chi connectivity index (χ4n) is 3.71. The predicted molar refractivity (Wildman–Crippen MR) is 108 cm³/mol. The lowest BCUT2D eigenvalue weighted by molar-refractivity contribution is -0.0457. The Kier molecular flexibility index (Phi) is 7.28. The van der Waals surface area contributed by atoms with Gasteiger partial charge in [-0.15, -0.1) is 4.72 Å². The Balaban J connectivity index is 1.66. The highest BCUT2D eigenvalue weighted by Crippen LogP contribution is 2.37. The van der Waals surface area contributed by atoms with Crippen LogP contribution in [0, 0.1) is 5.92 Å². The van der Waals surface area contributed by atoms with E-state index in [1.54, 1.807) is 10.7 Å². The van der Waals surface area contributed by atoms with E-state index in [4.69, 9.17) is 0 Å². The molecule has 3 rings (SSSR count). The van der Waals surface area contributed by atoms with Gasteiger partial charge in [0.05, 0.1) is 24.1 Å². The van der Waals surface area contributed by atoms with Crippen LogP contribution in [0.5, 0.6) is 0 Å². The minimum Gasteiger partial charge on any atom is -0.598 e. The second-order valence-electron chi connectivity index (χ2n) is 7.81. The normalized spacial score (nSPS) is 19.8. The van der Waals surface area contributed by atoms with Crippen molar-refractivity contribution in [1.29, 1.82) is 0 Å². The fourth-order valence-corrected chi connectivity index (χ4v) is 5.00. The van der Waals surface area contributed by atoms with Crippen LogP contribution in [-0.4, -0.2) is 30.8 Å². The van der Waals surface area contributed by atoms with Crippen LogP contribution in [0.15, 0.2) is 18.5 Å². The summed E-state index contributed by atoms with van der Waals surface area (Å²) in [5.74, 6) is -1.59. The zero-order valence-electron chi connectivity index (χ0n) is 16.7. The first-order valence-corrected chi connectivity index (χ1v) is 11.6. The fraction of sp³-hybridized carbons (Fsp3) is 0.700. The van der Waals surface area contributed by atoms with Gasteiger partial charge in [-0.05, 0) is 49.7 Å². The Hall–Kier alpha value is -1.25. The molecule has 2 aromatic rings. The number of aromatic nitrogens is 3. The number of unbranched alkanes of at least 4 members (excludes halogenated alkanes) is 1. The maximum Gasteiger partial charge on any atom is 0.248 e. The van der Waals surface area contributed by atoms with Crippen LogP contribution in [0.2, 0.25) is 0 Å². The van der Waals surface area contributed by atoms with Crippen LogP contribution in [0.25, 0.3) is 5.65 Å². The Morgan fingerprint density at radius 1 is 1.36 bits per heavy atom. The molecule has 1 fully saturated rings. The molecule has 8 heteroatoms. The summed E-state index contributed by atoms with van der Waals surface area (Å²) in [6.45, 7) is 4.13. The van der Waals surface area contributed by atoms with Gasteiger partial charge in [0.25, 0.3) is 0 Å². The molecule has 0 aliphatic heterocycles. The van der Waals surface area contributed by atoms with E-state index < -0.39 is 17.3 Å². The molecule has 2 heterocycles. The third-order valence-corrected chi connectivity index (χ3v) is 6.70. The second kappa shape index (κ2) is 9.50. The summed E-state index contributed by atoms with van der Waals surface area (Å²) in [5, 5.41) is 4.45. The Labute approximate surface area is 168 Å². The van der Waals surface area contributed by atoms with E-state index in [0.29, 0.717) is 25.0 Å². The predicted octanol–water partition coefficient (Wildman–Crippen LogP) is 4.60. The molecule has 0 spiro atoms. The van der Waals surface area contributed by atoms with E-state index in [1.807, 2.05) is 12.3 Å². The van der Waals surface area contributed by atoms with Crippen molar-refractivity contribution in [2.75, 3.05) is 5.75 Å². The molecule has 0 radical (unpaired) electrons. The molecule has 156 valence electrons. The Bertz CT molecular complexity index is 760. The van der Waals surface area contributed by atoms with Crippen LogP contribution in [-0.2, 0) is 17.8 Å². The van der Waals surface area contributed by atoms with Gasteiger partial charge in [-0.25, -0.2) is 18.3 Å². The first kappa shape index (κ1) is 21.5. The van der Waals surface area contributed by atoms with Gasteiger partial charge in [0.2, 0.25) is 5.92 Å². The van der Waals surface area contributed by atoms with E-state index in [1.165, 1.54) is 0 Å². The SMILES string of the molecule is CCCC[S@+]([O-])N[C@H](CC)c1cnn2cc(CC3CCC(F)(F)CC3)nc2c1. The number of rotatable bonds is 9. The highest BCUT2D eigenvalue weighted by molar-refractivity contribution is 7.89. The summed E-state index contributed by atoms with van der Waals surface area (Å²) < 4.78 is 43.8. The number of nitrogens with zero attached hydrogens (tertiary/aromatic N) is 3. The van der Waals surface area contributed by atoms with Gasteiger partial charge in [-0.3, -0.25) is 0 Å². The van der Waals surface area contributed by atoms with Crippen molar-refractivity contribution in [2.24, 2.45) is 5.92 Å². The van der Waals surface area contributed by atoms with Gasteiger partial charge < -0.3 is 4.55 Å². The van der Waals surface area contributed by atoms with Crippen LogP contribution >= 0.6 is 0 Å². The average Bonchev–Trinajstić information content (AvgIpc) is 3.07. The number of imidazole rings is 1. The van der Waals surface area contributed by atoms with Gasteiger partial charge in [-0.1, -0.05) is 20.3 Å². The van der Waals surface area contributed by atoms with Crippen molar-refractivity contribution in [3.8, 4) is 0 Å². The number of fused-ring (bicyclic) bond motifs is 1. The van der Waals surface area contributed by atoms with E-state index in [0.717, 1.165) is 36.2 Å². The Morgan fingerprint density at radius 3 is 2.79 bits per heavy atom. The molecule has 0 saturated heterocycles. The van der Waals surface area contributed by atoms with Crippen molar-refractivity contribution in [3.63, 3.8) is 0 Å². The topological polar surface area (TPSA) is 65.3 Å². The molecule has 0 aromatic carbocycles. The van der Waals surface area contributed by atoms with Crippen molar-refractivity contribution < 1.29 is 13.3 Å². The molecule has 1 saturated carbocycles. The largest absolute Gasteiger partial charge is 0.598 e. The van der Waals surface area contributed by atoms with E-state index >= 15 is 0 Å². The smallest absolute Gasteiger partial charge is 0.248 e. The molecule has 2 aromatic heterocycles. The van der Waals surface area contributed by atoms with Crippen LogP contribution in [0.4, 0.5) is 8.78 Å². The molecular weight excluding hydrogens is 382 g/mol. The minimum atomic E-state index is -2.49. The number of nitrogens with one attached hydrogen (secondary N) is 1. The summed E-state index contributed by atoms with van der Waals surface area (Å²) >= 11 is -1.06. The zero-order valence-corrected chi connectivity index (χ0v) is 17.5. The van der Waals surface area contributed by atoms with Gasteiger partial charge in [-0.2, -0.15) is 5.10 Å². The van der Waals surface area contributed by atoms with Crippen LogP contribution < -0.4 is 4.72 Å². The maximum atomic E-state index is 13.3. The number of halogens is 2. The average molecular weight is 413 g/mol. The number of hydrogen-bond donors (Lipinski definition) is 1. The van der Waals surface area contributed by atoms with Crippen molar-refractivity contribution in [2.45, 2.75) is 77.2 Å². The molecule has 2 atom stereocenters. The molecule has 1 aliphatic rings. The maximum absolute atomic E-state index is 13.3. The molecule has 1 N–H and O–H groups in total. The first-order chi connectivity index (χ1) is 13.4. The summed E-state index contributed by atoms with van der Waals surface area (Å²) in [4.78, 5) is 4.66. The third-order valence-electron chi connectivity index (χ3n) is 5.49. The molecular formula is C20H30F2N4OS. The first-order valence-electron chi connectivity index (χ1n) is 10.3. The highest BCUT2D eigenvalue weighted by atomic mass is 32.2. The quantitative estimate of drug-likeness (QED) is 0.611. The molecule has 5 nitrogen and oxygen atoms in total. The van der Waals surface area contributed by atoms with E-state index in [-0.39, 0.29) is 24.8 Å². The van der Waals surface area contributed by atoms with Crippen LogP contribution in [0.1, 0.15) is 76.1 Å². The van der Waals surface area contributed by atoms with E-state index in [9.17, 15) is 13.3 Å². The lowest BCUT2D eigenvalue weighted by atomic mass is 9.84. The molecule has 0 bridgehead atoms. The molecule has 1 aliphatic carbocycles. The zero-order chi connectivity index (χ0) is 20.1. The highest BCUT2D eigenvalue weighted by Gasteiger charge is 2.35. The van der Waals surface area contributed by atoms with Crippen molar-refractivity contribution >= 4 is 17.0 Å².